The summed E-state index contributed by atoms with van der Waals surface area (Å²) in [5.74, 6) is 0.332. The molecule has 0 saturated heterocycles. The fraction of sp³-hybridized carbons (Fsp3) is 0.125. The number of aliphatic hydroxyl groups excluding tert-OH is 1. The number of hydrogen-bond acceptors (Lipinski definition) is 3. The van der Waals surface area contributed by atoms with Gasteiger partial charge in [0, 0.05) is 0 Å². The van der Waals surface area contributed by atoms with Gasteiger partial charge in [0.15, 0.2) is 0 Å². The molecule has 0 amide bonds. The van der Waals surface area contributed by atoms with Crippen molar-refractivity contribution in [2.45, 2.75) is 6.42 Å². The monoisotopic (exact) mass is 168 g/mol. The second-order valence-electron chi connectivity index (χ2n) is 2.17. The lowest BCUT2D eigenvalue weighted by Gasteiger charge is -1.96. The van der Waals surface area contributed by atoms with E-state index in [-0.39, 0.29) is 11.5 Å². The van der Waals surface area contributed by atoms with Crippen LogP contribution >= 0.6 is 0 Å². The largest absolute Gasteiger partial charge is 0.511 e. The van der Waals surface area contributed by atoms with Gasteiger partial charge in [0.1, 0.15) is 11.5 Å². The Kier molecular flexibility index (Phi) is 2.53. The van der Waals surface area contributed by atoms with Crippen LogP contribution in [0.25, 0.3) is 0 Å². The molecule has 0 saturated carbocycles. The van der Waals surface area contributed by atoms with E-state index in [1.807, 2.05) is 0 Å². The van der Waals surface area contributed by atoms with E-state index >= 15 is 0 Å². The highest BCUT2D eigenvalue weighted by atomic mass is 16.7. The number of aliphatic hydroxyl groups is 1. The SMILES string of the molecule is O=C(O)OC1=CCC=C(O)C=C1. The van der Waals surface area contributed by atoms with Crippen LogP contribution in [0.3, 0.4) is 0 Å². The van der Waals surface area contributed by atoms with Gasteiger partial charge in [0.2, 0.25) is 0 Å². The predicted octanol–water partition coefficient (Wildman–Crippen LogP) is 1.97. The van der Waals surface area contributed by atoms with Gasteiger partial charge in [-0.1, -0.05) is 0 Å². The summed E-state index contributed by atoms with van der Waals surface area (Å²) in [6.45, 7) is 0. The summed E-state index contributed by atoms with van der Waals surface area (Å²) in [7, 11) is 0. The van der Waals surface area contributed by atoms with E-state index in [0.717, 1.165) is 0 Å². The molecule has 0 aromatic rings. The number of allylic oxidation sites excluding steroid dienone is 4. The number of rotatable bonds is 1. The zero-order valence-electron chi connectivity index (χ0n) is 6.23. The summed E-state index contributed by atoms with van der Waals surface area (Å²) >= 11 is 0. The summed E-state index contributed by atoms with van der Waals surface area (Å²) in [6.07, 6.45) is 4.99. The molecule has 0 heterocycles. The molecule has 1 aliphatic carbocycles. The molecule has 0 atom stereocenters. The third-order valence-electron chi connectivity index (χ3n) is 1.27. The lowest BCUT2D eigenvalue weighted by Crippen LogP contribution is -1.97. The Morgan fingerprint density at radius 1 is 1.42 bits per heavy atom. The van der Waals surface area contributed by atoms with Crippen LogP contribution in [0.5, 0.6) is 0 Å². The Hall–Kier alpha value is -1.71. The van der Waals surface area contributed by atoms with Gasteiger partial charge in [-0.25, -0.2) is 4.79 Å². The Bertz CT molecular complexity index is 273. The van der Waals surface area contributed by atoms with Crippen LogP contribution in [0.4, 0.5) is 4.79 Å². The van der Waals surface area contributed by atoms with Gasteiger partial charge in [-0.2, -0.15) is 0 Å². The number of carboxylic acid groups (broad SMARTS) is 1. The zero-order valence-corrected chi connectivity index (χ0v) is 6.23. The first-order valence-electron chi connectivity index (χ1n) is 3.36. The van der Waals surface area contributed by atoms with Crippen molar-refractivity contribution < 1.29 is 19.7 Å². The Morgan fingerprint density at radius 2 is 2.17 bits per heavy atom. The molecular weight excluding hydrogens is 160 g/mol. The minimum absolute atomic E-state index is 0.107. The van der Waals surface area contributed by atoms with Crippen molar-refractivity contribution in [2.75, 3.05) is 0 Å². The molecule has 0 fully saturated rings. The van der Waals surface area contributed by atoms with Crippen molar-refractivity contribution in [2.24, 2.45) is 0 Å². The first-order chi connectivity index (χ1) is 5.68. The van der Waals surface area contributed by atoms with Crippen molar-refractivity contribution in [1.82, 2.24) is 0 Å². The molecule has 1 aliphatic rings. The smallest absolute Gasteiger partial charge is 0.508 e. The molecule has 0 radical (unpaired) electrons. The minimum Gasteiger partial charge on any atom is -0.508 e. The fourth-order valence-corrected chi connectivity index (χ4v) is 0.776. The topological polar surface area (TPSA) is 66.8 Å². The van der Waals surface area contributed by atoms with E-state index < -0.39 is 6.16 Å². The van der Waals surface area contributed by atoms with Crippen LogP contribution in [0.2, 0.25) is 0 Å². The maximum absolute atomic E-state index is 10.1. The standard InChI is InChI=1S/C8H8O4/c9-6-2-1-3-7(5-4-6)12-8(10)11/h2-5,9H,1H2,(H,10,11). The van der Waals surface area contributed by atoms with Crippen molar-refractivity contribution in [3.63, 3.8) is 0 Å². The first-order valence-corrected chi connectivity index (χ1v) is 3.36. The van der Waals surface area contributed by atoms with Gasteiger partial charge >= 0.3 is 6.16 Å². The third-order valence-corrected chi connectivity index (χ3v) is 1.27. The number of hydrogen-bond donors (Lipinski definition) is 2. The molecule has 12 heavy (non-hydrogen) atoms. The highest BCUT2D eigenvalue weighted by molar-refractivity contribution is 5.59. The molecule has 0 bridgehead atoms. The van der Waals surface area contributed by atoms with Crippen LogP contribution in [0.1, 0.15) is 6.42 Å². The van der Waals surface area contributed by atoms with Gasteiger partial charge in [-0.3, -0.25) is 0 Å². The molecule has 4 heteroatoms. The minimum atomic E-state index is -1.35. The second-order valence-corrected chi connectivity index (χ2v) is 2.17. The average molecular weight is 168 g/mol. The van der Waals surface area contributed by atoms with Crippen LogP contribution < -0.4 is 0 Å². The van der Waals surface area contributed by atoms with E-state index in [1.165, 1.54) is 12.2 Å². The van der Waals surface area contributed by atoms with Crippen molar-refractivity contribution in [1.29, 1.82) is 0 Å². The van der Waals surface area contributed by atoms with Crippen molar-refractivity contribution in [3.05, 3.63) is 35.8 Å². The van der Waals surface area contributed by atoms with Gasteiger partial charge in [-0.05, 0) is 30.7 Å². The number of ether oxygens (including phenoxy) is 1. The fourth-order valence-electron chi connectivity index (χ4n) is 0.776. The van der Waals surface area contributed by atoms with Gasteiger partial charge in [0.05, 0.1) is 0 Å². The Morgan fingerprint density at radius 3 is 2.83 bits per heavy atom. The predicted molar refractivity (Wildman–Crippen MR) is 41.7 cm³/mol. The summed E-state index contributed by atoms with van der Waals surface area (Å²) in [5, 5.41) is 17.2. The summed E-state index contributed by atoms with van der Waals surface area (Å²) < 4.78 is 4.37. The lowest BCUT2D eigenvalue weighted by molar-refractivity contribution is 0.121. The van der Waals surface area contributed by atoms with Gasteiger partial charge < -0.3 is 14.9 Å². The van der Waals surface area contributed by atoms with E-state index in [2.05, 4.69) is 4.74 Å². The molecule has 4 nitrogen and oxygen atoms in total. The van der Waals surface area contributed by atoms with Crippen molar-refractivity contribution in [3.8, 4) is 0 Å². The average Bonchev–Trinajstić information content (AvgIpc) is 2.15. The molecular formula is C8H8O4. The lowest BCUT2D eigenvalue weighted by atomic mass is 10.3. The first kappa shape index (κ1) is 8.39. The van der Waals surface area contributed by atoms with Gasteiger partial charge in [-0.15, -0.1) is 0 Å². The van der Waals surface area contributed by atoms with E-state index in [1.54, 1.807) is 12.2 Å². The summed E-state index contributed by atoms with van der Waals surface area (Å²) in [6, 6.07) is 0. The zero-order chi connectivity index (χ0) is 8.97. The molecule has 0 spiro atoms. The maximum atomic E-state index is 10.1. The van der Waals surface area contributed by atoms with Crippen LogP contribution in [0, 0.1) is 0 Å². The quantitative estimate of drug-likeness (QED) is 0.587. The van der Waals surface area contributed by atoms with E-state index in [4.69, 9.17) is 10.2 Å². The van der Waals surface area contributed by atoms with E-state index in [9.17, 15) is 4.79 Å². The summed E-state index contributed by atoms with van der Waals surface area (Å²) in [4.78, 5) is 10.1. The molecule has 0 unspecified atom stereocenters. The van der Waals surface area contributed by atoms with Gasteiger partial charge in [0.25, 0.3) is 0 Å². The third kappa shape index (κ3) is 2.49. The van der Waals surface area contributed by atoms with Crippen LogP contribution in [0.15, 0.2) is 35.8 Å². The maximum Gasteiger partial charge on any atom is 0.511 e. The second kappa shape index (κ2) is 3.61. The number of carbonyl (C=O) groups is 1. The molecule has 2 N–H and O–H groups in total. The Balaban J connectivity index is 2.64. The Labute approximate surface area is 69.1 Å². The highest BCUT2D eigenvalue weighted by Gasteiger charge is 2.02. The van der Waals surface area contributed by atoms with E-state index in [0.29, 0.717) is 6.42 Å². The summed E-state index contributed by atoms with van der Waals surface area (Å²) in [5.41, 5.74) is 0. The molecule has 64 valence electrons. The molecule has 0 aliphatic heterocycles. The molecule has 0 aromatic carbocycles. The van der Waals surface area contributed by atoms with Crippen LogP contribution in [-0.2, 0) is 4.74 Å². The normalized spacial score (nSPS) is 16.0. The molecule has 0 aromatic heterocycles. The van der Waals surface area contributed by atoms with Crippen molar-refractivity contribution >= 4 is 6.16 Å². The highest BCUT2D eigenvalue weighted by Crippen LogP contribution is 2.09. The molecule has 1 rings (SSSR count). The van der Waals surface area contributed by atoms with Crippen LogP contribution in [-0.4, -0.2) is 16.4 Å².